The van der Waals surface area contributed by atoms with Gasteiger partial charge in [0.2, 0.25) is 5.91 Å². The lowest BCUT2D eigenvalue weighted by Gasteiger charge is -2.20. The minimum Gasteiger partial charge on any atom is -0.373 e. The maximum absolute atomic E-state index is 11.8. The van der Waals surface area contributed by atoms with E-state index in [0.717, 1.165) is 31.7 Å². The van der Waals surface area contributed by atoms with Crippen molar-refractivity contribution in [3.63, 3.8) is 0 Å². The largest absolute Gasteiger partial charge is 0.373 e. The van der Waals surface area contributed by atoms with E-state index in [0.29, 0.717) is 12.5 Å². The average Bonchev–Trinajstić information content (AvgIpc) is 3.18. The Kier molecular flexibility index (Phi) is 6.15. The first kappa shape index (κ1) is 16.7. The van der Waals surface area contributed by atoms with Crippen molar-refractivity contribution in [2.75, 3.05) is 19.7 Å². The van der Waals surface area contributed by atoms with Gasteiger partial charge < -0.3 is 15.4 Å². The number of aromatic nitrogens is 2. The molecule has 1 aliphatic rings. The molecule has 0 aliphatic carbocycles. The van der Waals surface area contributed by atoms with Gasteiger partial charge in [-0.25, -0.2) is 0 Å². The Morgan fingerprint density at radius 1 is 1.68 bits per heavy atom. The Balaban J connectivity index is 1.86. The van der Waals surface area contributed by atoms with Crippen molar-refractivity contribution in [2.24, 2.45) is 5.92 Å². The topological polar surface area (TPSA) is 68.2 Å². The quantitative estimate of drug-likeness (QED) is 0.710. The van der Waals surface area contributed by atoms with Gasteiger partial charge >= 0.3 is 0 Å². The lowest BCUT2D eigenvalue weighted by Crippen LogP contribution is -2.44. The van der Waals surface area contributed by atoms with Crippen LogP contribution in [0.25, 0.3) is 0 Å². The number of aryl methyl sites for hydroxylation is 1. The molecule has 1 aromatic rings. The van der Waals surface area contributed by atoms with Gasteiger partial charge in [-0.1, -0.05) is 6.08 Å². The molecule has 6 heteroatoms. The normalized spacial score (nSPS) is 22.5. The summed E-state index contributed by atoms with van der Waals surface area (Å²) in [5, 5.41) is 10.4. The SMILES string of the molecule is C=CCNC(=O)[C@H](C)NC[C@H]1CCO[C@H]1c1cnn(CC)c1. The maximum atomic E-state index is 11.8. The van der Waals surface area contributed by atoms with Crippen molar-refractivity contribution in [2.45, 2.75) is 39.0 Å². The highest BCUT2D eigenvalue weighted by atomic mass is 16.5. The van der Waals surface area contributed by atoms with Crippen LogP contribution in [0.4, 0.5) is 0 Å². The first-order valence-corrected chi connectivity index (χ1v) is 7.91. The molecule has 0 saturated carbocycles. The molecule has 0 bridgehead atoms. The number of ether oxygens (including phenoxy) is 1. The fraction of sp³-hybridized carbons (Fsp3) is 0.625. The predicted molar refractivity (Wildman–Crippen MR) is 85.4 cm³/mol. The molecule has 2 rings (SSSR count). The van der Waals surface area contributed by atoms with Crippen LogP contribution < -0.4 is 10.6 Å². The Morgan fingerprint density at radius 2 is 2.50 bits per heavy atom. The van der Waals surface area contributed by atoms with Crippen molar-refractivity contribution in [3.8, 4) is 0 Å². The molecule has 2 N–H and O–H groups in total. The highest BCUT2D eigenvalue weighted by molar-refractivity contribution is 5.81. The summed E-state index contributed by atoms with van der Waals surface area (Å²) in [6.45, 7) is 10.4. The predicted octanol–water partition coefficient (Wildman–Crippen LogP) is 1.26. The summed E-state index contributed by atoms with van der Waals surface area (Å²) in [5.74, 6) is 0.360. The number of nitrogens with one attached hydrogen (secondary N) is 2. The van der Waals surface area contributed by atoms with E-state index in [1.165, 1.54) is 0 Å². The highest BCUT2D eigenvalue weighted by Crippen LogP contribution is 2.33. The number of hydrogen-bond acceptors (Lipinski definition) is 4. The van der Waals surface area contributed by atoms with E-state index in [2.05, 4.69) is 29.2 Å². The van der Waals surface area contributed by atoms with Crippen LogP contribution >= 0.6 is 0 Å². The summed E-state index contributed by atoms with van der Waals surface area (Å²) in [4.78, 5) is 11.8. The molecule has 1 fully saturated rings. The Morgan fingerprint density at radius 3 is 3.18 bits per heavy atom. The standard InChI is InChI=1S/C16H26N4O2/c1-4-7-17-16(21)12(3)18-9-13-6-8-22-15(13)14-10-19-20(5-2)11-14/h4,10-13,15,18H,1,5-9H2,2-3H3,(H,17,21)/t12-,13+,15+/m0/s1. The molecule has 6 nitrogen and oxygen atoms in total. The molecule has 0 spiro atoms. The zero-order valence-corrected chi connectivity index (χ0v) is 13.4. The summed E-state index contributed by atoms with van der Waals surface area (Å²) >= 11 is 0. The Hall–Kier alpha value is -1.66. The van der Waals surface area contributed by atoms with E-state index in [9.17, 15) is 4.79 Å². The van der Waals surface area contributed by atoms with Gasteiger partial charge in [0.1, 0.15) is 0 Å². The molecular formula is C16H26N4O2. The zero-order valence-electron chi connectivity index (χ0n) is 13.4. The number of hydrogen-bond donors (Lipinski definition) is 2. The third-order valence-corrected chi connectivity index (χ3v) is 4.02. The third kappa shape index (κ3) is 4.18. The fourth-order valence-electron chi connectivity index (χ4n) is 2.66. The van der Waals surface area contributed by atoms with Crippen molar-refractivity contribution >= 4 is 5.91 Å². The number of carbonyl (C=O) groups excluding carboxylic acids is 1. The molecule has 22 heavy (non-hydrogen) atoms. The Labute approximate surface area is 131 Å². The molecule has 0 radical (unpaired) electrons. The molecule has 122 valence electrons. The highest BCUT2D eigenvalue weighted by Gasteiger charge is 2.31. The second-order valence-corrected chi connectivity index (χ2v) is 5.63. The van der Waals surface area contributed by atoms with Crippen LogP contribution in [0.1, 0.15) is 31.9 Å². The van der Waals surface area contributed by atoms with Crippen LogP contribution in [0.2, 0.25) is 0 Å². The number of carbonyl (C=O) groups is 1. The summed E-state index contributed by atoms with van der Waals surface area (Å²) < 4.78 is 7.77. The zero-order chi connectivity index (χ0) is 15.9. The van der Waals surface area contributed by atoms with Gasteiger partial charge in [0, 0.05) is 43.9 Å². The summed E-state index contributed by atoms with van der Waals surface area (Å²) in [6.07, 6.45) is 6.67. The monoisotopic (exact) mass is 306 g/mol. The van der Waals surface area contributed by atoms with Crippen molar-refractivity contribution in [1.29, 1.82) is 0 Å². The fourth-order valence-corrected chi connectivity index (χ4v) is 2.66. The van der Waals surface area contributed by atoms with E-state index in [4.69, 9.17) is 4.74 Å². The second-order valence-electron chi connectivity index (χ2n) is 5.63. The van der Waals surface area contributed by atoms with Crippen molar-refractivity contribution in [3.05, 3.63) is 30.6 Å². The van der Waals surface area contributed by atoms with E-state index < -0.39 is 0 Å². The van der Waals surface area contributed by atoms with E-state index in [1.807, 2.05) is 24.0 Å². The van der Waals surface area contributed by atoms with Crippen LogP contribution in [0, 0.1) is 5.92 Å². The van der Waals surface area contributed by atoms with Gasteiger partial charge in [-0.2, -0.15) is 5.10 Å². The molecule has 2 heterocycles. The molecule has 0 aromatic carbocycles. The van der Waals surface area contributed by atoms with Crippen LogP contribution in [-0.4, -0.2) is 41.4 Å². The van der Waals surface area contributed by atoms with Crippen LogP contribution in [-0.2, 0) is 16.1 Å². The summed E-state index contributed by atoms with van der Waals surface area (Å²) in [5.41, 5.74) is 1.12. The summed E-state index contributed by atoms with van der Waals surface area (Å²) in [7, 11) is 0. The molecule has 3 atom stereocenters. The summed E-state index contributed by atoms with van der Waals surface area (Å²) in [6, 6.07) is -0.223. The lowest BCUT2D eigenvalue weighted by atomic mass is 9.97. The van der Waals surface area contributed by atoms with Gasteiger partial charge in [0.25, 0.3) is 0 Å². The molecule has 1 amide bonds. The van der Waals surface area contributed by atoms with Crippen LogP contribution in [0.5, 0.6) is 0 Å². The van der Waals surface area contributed by atoms with Gasteiger partial charge in [0.05, 0.1) is 18.3 Å². The third-order valence-electron chi connectivity index (χ3n) is 4.02. The van der Waals surface area contributed by atoms with Gasteiger partial charge in [-0.3, -0.25) is 9.48 Å². The smallest absolute Gasteiger partial charge is 0.237 e. The number of nitrogens with zero attached hydrogens (tertiary/aromatic N) is 2. The first-order valence-electron chi connectivity index (χ1n) is 7.91. The van der Waals surface area contributed by atoms with E-state index in [1.54, 1.807) is 6.08 Å². The maximum Gasteiger partial charge on any atom is 0.237 e. The van der Waals surface area contributed by atoms with Crippen LogP contribution in [0.15, 0.2) is 25.0 Å². The average molecular weight is 306 g/mol. The molecule has 1 aromatic heterocycles. The second kappa shape index (κ2) is 8.10. The first-order chi connectivity index (χ1) is 10.7. The van der Waals surface area contributed by atoms with Crippen molar-refractivity contribution < 1.29 is 9.53 Å². The minimum absolute atomic E-state index is 0.00540. The molecular weight excluding hydrogens is 280 g/mol. The number of amides is 1. The van der Waals surface area contributed by atoms with Crippen molar-refractivity contribution in [1.82, 2.24) is 20.4 Å². The lowest BCUT2D eigenvalue weighted by molar-refractivity contribution is -0.122. The van der Waals surface area contributed by atoms with E-state index in [-0.39, 0.29) is 18.1 Å². The van der Waals surface area contributed by atoms with E-state index >= 15 is 0 Å². The Bertz CT molecular complexity index is 500. The van der Waals surface area contributed by atoms with Crippen LogP contribution in [0.3, 0.4) is 0 Å². The number of rotatable bonds is 8. The van der Waals surface area contributed by atoms with Gasteiger partial charge in [-0.05, 0) is 20.3 Å². The molecule has 1 saturated heterocycles. The van der Waals surface area contributed by atoms with Gasteiger partial charge in [-0.15, -0.1) is 6.58 Å². The van der Waals surface area contributed by atoms with Gasteiger partial charge in [0.15, 0.2) is 0 Å². The minimum atomic E-state index is -0.223. The molecule has 0 unspecified atom stereocenters. The molecule has 1 aliphatic heterocycles.